The van der Waals surface area contributed by atoms with Gasteiger partial charge < -0.3 is 14.4 Å². The Morgan fingerprint density at radius 2 is 1.61 bits per heavy atom. The maximum atomic E-state index is 12.6. The molecule has 1 saturated carbocycles. The second kappa shape index (κ2) is 14.1. The smallest absolute Gasteiger partial charge is 0.230 e. The molecule has 4 rings (SSSR count). The Balaban J connectivity index is 1.12. The Labute approximate surface area is 215 Å². The van der Waals surface area contributed by atoms with Gasteiger partial charge in [0, 0.05) is 32.7 Å². The third kappa shape index (κ3) is 8.75. The molecular formula is C30H40N2O4. The van der Waals surface area contributed by atoms with Crippen molar-refractivity contribution in [2.24, 2.45) is 5.92 Å². The Morgan fingerprint density at radius 1 is 0.861 bits per heavy atom. The third-order valence-electron chi connectivity index (χ3n) is 7.27. The van der Waals surface area contributed by atoms with E-state index in [1.54, 1.807) is 4.90 Å². The van der Waals surface area contributed by atoms with Gasteiger partial charge in [-0.05, 0) is 35.6 Å². The molecule has 0 aromatic heterocycles. The molecule has 0 unspecified atom stereocenters. The van der Waals surface area contributed by atoms with Crippen LogP contribution in [0.5, 0.6) is 5.75 Å². The molecule has 0 radical (unpaired) electrons. The van der Waals surface area contributed by atoms with Crippen LogP contribution in [0.2, 0.25) is 0 Å². The summed E-state index contributed by atoms with van der Waals surface area (Å²) in [5.74, 6) is 1.51. The lowest BCUT2D eigenvalue weighted by atomic mass is 9.87. The predicted molar refractivity (Wildman–Crippen MR) is 141 cm³/mol. The van der Waals surface area contributed by atoms with Crippen molar-refractivity contribution in [3.8, 4) is 5.75 Å². The standard InChI is InChI=1S/C30H40N2O4/c33-28(24-35-23-26-10-5-2-6-11-26)21-30(34)32-17-15-31(16-18-32)22-27-12-7-13-29(20-27)36-19-14-25-8-3-1-4-9-25/h2,5-7,10-13,20,25H,1,3-4,8-9,14-19,21-24H2. The van der Waals surface area contributed by atoms with Crippen molar-refractivity contribution in [2.75, 3.05) is 39.4 Å². The Morgan fingerprint density at radius 3 is 2.39 bits per heavy atom. The van der Waals surface area contributed by atoms with E-state index in [4.69, 9.17) is 9.47 Å². The van der Waals surface area contributed by atoms with Gasteiger partial charge in [0.2, 0.25) is 5.91 Å². The molecule has 36 heavy (non-hydrogen) atoms. The van der Waals surface area contributed by atoms with E-state index in [1.807, 2.05) is 36.4 Å². The zero-order valence-electron chi connectivity index (χ0n) is 21.4. The van der Waals surface area contributed by atoms with Crippen LogP contribution in [0.4, 0.5) is 0 Å². The summed E-state index contributed by atoms with van der Waals surface area (Å²) in [5, 5.41) is 0. The van der Waals surface area contributed by atoms with Gasteiger partial charge in [-0.2, -0.15) is 0 Å². The summed E-state index contributed by atoms with van der Waals surface area (Å²) < 4.78 is 11.5. The van der Waals surface area contributed by atoms with Gasteiger partial charge in [0.15, 0.2) is 5.78 Å². The molecule has 6 nitrogen and oxygen atoms in total. The van der Waals surface area contributed by atoms with E-state index in [0.29, 0.717) is 19.7 Å². The number of piperazine rings is 1. The first-order valence-corrected chi connectivity index (χ1v) is 13.5. The van der Waals surface area contributed by atoms with Gasteiger partial charge in [0.25, 0.3) is 0 Å². The van der Waals surface area contributed by atoms with E-state index < -0.39 is 0 Å². The zero-order valence-corrected chi connectivity index (χ0v) is 21.4. The number of rotatable bonds is 12. The zero-order chi connectivity index (χ0) is 25.0. The van der Waals surface area contributed by atoms with Gasteiger partial charge >= 0.3 is 0 Å². The van der Waals surface area contributed by atoms with Crippen molar-refractivity contribution in [1.29, 1.82) is 0 Å². The summed E-state index contributed by atoms with van der Waals surface area (Å²) in [6, 6.07) is 18.1. The van der Waals surface area contributed by atoms with Gasteiger partial charge in [0.1, 0.15) is 12.4 Å². The normalized spacial score (nSPS) is 17.2. The average molecular weight is 493 g/mol. The molecule has 2 fully saturated rings. The largest absolute Gasteiger partial charge is 0.494 e. The molecule has 1 aliphatic carbocycles. The van der Waals surface area contributed by atoms with Crippen molar-refractivity contribution in [3.63, 3.8) is 0 Å². The van der Waals surface area contributed by atoms with Gasteiger partial charge in [-0.3, -0.25) is 14.5 Å². The lowest BCUT2D eigenvalue weighted by Crippen LogP contribution is -2.48. The SMILES string of the molecule is O=C(COCc1ccccc1)CC(=O)N1CCN(Cc2cccc(OCCC3CCCCC3)c2)CC1. The molecule has 1 aliphatic heterocycles. The van der Waals surface area contributed by atoms with E-state index in [2.05, 4.69) is 23.1 Å². The number of nitrogens with zero attached hydrogens (tertiary/aromatic N) is 2. The number of amides is 1. The molecule has 0 atom stereocenters. The number of Topliss-reactive ketones (excluding diaryl/α,β-unsaturated/α-hetero) is 1. The maximum Gasteiger partial charge on any atom is 0.230 e. The Bertz CT molecular complexity index is 950. The molecule has 6 heteroatoms. The van der Waals surface area contributed by atoms with Crippen molar-refractivity contribution in [3.05, 3.63) is 65.7 Å². The minimum Gasteiger partial charge on any atom is -0.494 e. The van der Waals surface area contributed by atoms with E-state index in [1.165, 1.54) is 37.7 Å². The number of benzene rings is 2. The average Bonchev–Trinajstić information content (AvgIpc) is 2.90. The number of carbonyl (C=O) groups excluding carboxylic acids is 2. The molecule has 0 bridgehead atoms. The molecule has 194 valence electrons. The molecule has 1 amide bonds. The minimum absolute atomic E-state index is 0.0281. The number of ether oxygens (including phenoxy) is 2. The fraction of sp³-hybridized carbons (Fsp3) is 0.533. The van der Waals surface area contributed by atoms with Crippen LogP contribution in [0.15, 0.2) is 54.6 Å². The first-order valence-electron chi connectivity index (χ1n) is 13.5. The maximum absolute atomic E-state index is 12.6. The molecule has 2 aromatic carbocycles. The van der Waals surface area contributed by atoms with Crippen LogP contribution in [-0.4, -0.2) is 60.9 Å². The quantitative estimate of drug-likeness (QED) is 0.396. The number of hydrogen-bond acceptors (Lipinski definition) is 5. The van der Waals surface area contributed by atoms with Crippen molar-refractivity contribution >= 4 is 11.7 Å². The second-order valence-electron chi connectivity index (χ2n) is 10.1. The van der Waals surface area contributed by atoms with Crippen molar-refractivity contribution < 1.29 is 19.1 Å². The number of carbonyl (C=O) groups is 2. The van der Waals surface area contributed by atoms with E-state index >= 15 is 0 Å². The molecule has 0 spiro atoms. The molecular weight excluding hydrogens is 452 g/mol. The highest BCUT2D eigenvalue weighted by Crippen LogP contribution is 2.26. The van der Waals surface area contributed by atoms with Crippen LogP contribution in [0.3, 0.4) is 0 Å². The molecule has 1 saturated heterocycles. The van der Waals surface area contributed by atoms with Crippen LogP contribution in [0.1, 0.15) is 56.1 Å². The fourth-order valence-corrected chi connectivity index (χ4v) is 5.15. The van der Waals surface area contributed by atoms with Gasteiger partial charge in [-0.25, -0.2) is 0 Å². The second-order valence-corrected chi connectivity index (χ2v) is 10.1. The lowest BCUT2D eigenvalue weighted by molar-refractivity contribution is -0.138. The first-order chi connectivity index (χ1) is 17.7. The summed E-state index contributed by atoms with van der Waals surface area (Å²) in [6.07, 6.45) is 7.92. The van der Waals surface area contributed by atoms with Crippen molar-refractivity contribution in [2.45, 2.75) is 58.1 Å². The highest BCUT2D eigenvalue weighted by molar-refractivity contribution is 5.98. The van der Waals surface area contributed by atoms with Gasteiger partial charge in [0.05, 0.1) is 19.6 Å². The van der Waals surface area contributed by atoms with E-state index in [0.717, 1.165) is 49.9 Å². The highest BCUT2D eigenvalue weighted by atomic mass is 16.5. The first kappa shape index (κ1) is 26.4. The topological polar surface area (TPSA) is 59.1 Å². The Hall–Kier alpha value is -2.70. The monoisotopic (exact) mass is 492 g/mol. The van der Waals surface area contributed by atoms with Crippen LogP contribution < -0.4 is 4.74 Å². The van der Waals surface area contributed by atoms with Crippen molar-refractivity contribution in [1.82, 2.24) is 9.80 Å². The van der Waals surface area contributed by atoms with Crippen LogP contribution in [0, 0.1) is 5.92 Å². The van der Waals surface area contributed by atoms with Crippen LogP contribution >= 0.6 is 0 Å². The molecule has 2 aliphatic rings. The van der Waals surface area contributed by atoms with E-state index in [9.17, 15) is 9.59 Å². The van der Waals surface area contributed by atoms with Crippen LogP contribution in [-0.2, 0) is 27.5 Å². The molecule has 2 aromatic rings. The lowest BCUT2D eigenvalue weighted by Gasteiger charge is -2.34. The van der Waals surface area contributed by atoms with Crippen LogP contribution in [0.25, 0.3) is 0 Å². The minimum atomic E-state index is -0.168. The van der Waals surface area contributed by atoms with Gasteiger partial charge in [-0.1, -0.05) is 74.6 Å². The highest BCUT2D eigenvalue weighted by Gasteiger charge is 2.23. The Kier molecular flexibility index (Phi) is 10.4. The summed E-state index contributed by atoms with van der Waals surface area (Å²) >= 11 is 0. The molecule has 0 N–H and O–H groups in total. The summed E-state index contributed by atoms with van der Waals surface area (Å²) in [7, 11) is 0. The van der Waals surface area contributed by atoms with Gasteiger partial charge in [-0.15, -0.1) is 0 Å². The summed E-state index contributed by atoms with van der Waals surface area (Å²) in [6.45, 7) is 4.89. The molecule has 1 heterocycles. The number of ketones is 1. The third-order valence-corrected chi connectivity index (χ3v) is 7.27. The summed E-state index contributed by atoms with van der Waals surface area (Å²) in [5.41, 5.74) is 2.25. The summed E-state index contributed by atoms with van der Waals surface area (Å²) in [4.78, 5) is 28.9. The van der Waals surface area contributed by atoms with E-state index in [-0.39, 0.29) is 24.7 Å². The predicted octanol–water partition coefficient (Wildman–Crippen LogP) is 4.86. The number of hydrogen-bond donors (Lipinski definition) is 0. The fourth-order valence-electron chi connectivity index (χ4n) is 5.15.